The number of carbonyl (C=O) groups is 1. The fourth-order valence-electron chi connectivity index (χ4n) is 3.51. The minimum absolute atomic E-state index is 0.0152. The van der Waals surface area contributed by atoms with Crippen molar-refractivity contribution in [3.8, 4) is 0 Å². The molecule has 1 amide bonds. The first-order valence-corrected chi connectivity index (χ1v) is 11.3. The molecule has 1 aliphatic heterocycles. The molecule has 2 aromatic rings. The molecular weight excluding hydrogens is 390 g/mol. The van der Waals surface area contributed by atoms with Gasteiger partial charge in [0.1, 0.15) is 0 Å². The van der Waals surface area contributed by atoms with E-state index in [-0.39, 0.29) is 17.7 Å². The fraction of sp³-hybridized carbons (Fsp3) is 0.450. The van der Waals surface area contributed by atoms with Gasteiger partial charge >= 0.3 is 0 Å². The standard InChI is InChI=1S/C20H27N5O3S/c1-21-20-22-13-17(14-23-20)19(26)25-11-6-9-18(10-12-25)24(2)29(27,28)15-16-7-4-3-5-8-16/h3-5,7-8,13-14,18H,6,9-12,15H2,1-2H3,(H,21,22,23). The molecule has 1 unspecified atom stereocenters. The Morgan fingerprint density at radius 1 is 1.17 bits per heavy atom. The van der Waals surface area contributed by atoms with Crippen molar-refractivity contribution in [2.75, 3.05) is 32.5 Å². The SMILES string of the molecule is CNc1ncc(C(=O)N2CCCC(N(C)S(=O)(=O)Cc3ccccc3)CC2)cn1. The number of hydrogen-bond acceptors (Lipinski definition) is 6. The van der Waals surface area contributed by atoms with Crippen molar-refractivity contribution in [1.29, 1.82) is 0 Å². The summed E-state index contributed by atoms with van der Waals surface area (Å²) in [4.78, 5) is 22.7. The third-order valence-corrected chi connectivity index (χ3v) is 7.13. The van der Waals surface area contributed by atoms with E-state index in [1.165, 1.54) is 16.7 Å². The van der Waals surface area contributed by atoms with Crippen molar-refractivity contribution in [1.82, 2.24) is 19.2 Å². The van der Waals surface area contributed by atoms with Crippen molar-refractivity contribution in [2.24, 2.45) is 0 Å². The van der Waals surface area contributed by atoms with Crippen molar-refractivity contribution in [3.05, 3.63) is 53.9 Å². The van der Waals surface area contributed by atoms with Gasteiger partial charge in [-0.05, 0) is 24.8 Å². The molecule has 1 atom stereocenters. The Morgan fingerprint density at radius 3 is 2.52 bits per heavy atom. The predicted octanol–water partition coefficient (Wildman–Crippen LogP) is 1.97. The molecule has 1 aliphatic rings. The van der Waals surface area contributed by atoms with Gasteiger partial charge in [-0.3, -0.25) is 4.79 Å². The van der Waals surface area contributed by atoms with Crippen LogP contribution in [0.4, 0.5) is 5.95 Å². The van der Waals surface area contributed by atoms with Crippen molar-refractivity contribution in [3.63, 3.8) is 0 Å². The molecule has 3 rings (SSSR count). The van der Waals surface area contributed by atoms with Gasteiger partial charge in [0.2, 0.25) is 16.0 Å². The van der Waals surface area contributed by atoms with E-state index in [1.54, 1.807) is 19.0 Å². The number of carbonyl (C=O) groups excluding carboxylic acids is 1. The van der Waals surface area contributed by atoms with Crippen LogP contribution < -0.4 is 5.32 Å². The summed E-state index contributed by atoms with van der Waals surface area (Å²) in [5.74, 6) is 0.323. The van der Waals surface area contributed by atoms with Crippen LogP contribution in [0.2, 0.25) is 0 Å². The summed E-state index contributed by atoms with van der Waals surface area (Å²) in [6.07, 6.45) is 5.10. The van der Waals surface area contributed by atoms with Crippen LogP contribution in [0.3, 0.4) is 0 Å². The van der Waals surface area contributed by atoms with Crippen LogP contribution in [0.1, 0.15) is 35.2 Å². The molecule has 1 aromatic heterocycles. The molecule has 0 bridgehead atoms. The molecule has 8 nitrogen and oxygen atoms in total. The lowest BCUT2D eigenvalue weighted by Crippen LogP contribution is -2.39. The summed E-state index contributed by atoms with van der Waals surface area (Å²) in [6, 6.07) is 9.07. The van der Waals surface area contributed by atoms with Gasteiger partial charge in [0, 0.05) is 45.6 Å². The Labute approximate surface area is 172 Å². The molecule has 9 heteroatoms. The summed E-state index contributed by atoms with van der Waals surface area (Å²) in [5, 5.41) is 2.82. The second kappa shape index (κ2) is 9.32. The van der Waals surface area contributed by atoms with Gasteiger partial charge in [-0.25, -0.2) is 22.7 Å². The average Bonchev–Trinajstić information content (AvgIpc) is 2.99. The summed E-state index contributed by atoms with van der Waals surface area (Å²) >= 11 is 0. The maximum atomic E-state index is 12.8. The third-order valence-electron chi connectivity index (χ3n) is 5.25. The maximum absolute atomic E-state index is 12.8. The first-order chi connectivity index (χ1) is 13.9. The number of rotatable bonds is 6. The van der Waals surface area contributed by atoms with Crippen LogP contribution in [0.25, 0.3) is 0 Å². The minimum atomic E-state index is -3.42. The van der Waals surface area contributed by atoms with E-state index in [0.29, 0.717) is 31.0 Å². The molecule has 0 aliphatic carbocycles. The van der Waals surface area contributed by atoms with E-state index < -0.39 is 10.0 Å². The Bertz CT molecular complexity index is 919. The lowest BCUT2D eigenvalue weighted by molar-refractivity contribution is 0.0759. The van der Waals surface area contributed by atoms with Gasteiger partial charge < -0.3 is 10.2 Å². The van der Waals surface area contributed by atoms with Crippen LogP contribution in [-0.2, 0) is 15.8 Å². The zero-order valence-corrected chi connectivity index (χ0v) is 17.6. The summed E-state index contributed by atoms with van der Waals surface area (Å²) < 4.78 is 27.1. The molecular formula is C20H27N5O3S. The van der Waals surface area contributed by atoms with E-state index >= 15 is 0 Å². The number of hydrogen-bond donors (Lipinski definition) is 1. The van der Waals surface area contributed by atoms with Crippen LogP contribution in [0.5, 0.6) is 0 Å². The largest absolute Gasteiger partial charge is 0.357 e. The van der Waals surface area contributed by atoms with E-state index in [0.717, 1.165) is 18.4 Å². The molecule has 1 fully saturated rings. The molecule has 0 radical (unpaired) electrons. The molecule has 1 saturated heterocycles. The van der Waals surface area contributed by atoms with E-state index in [4.69, 9.17) is 0 Å². The highest BCUT2D eigenvalue weighted by atomic mass is 32.2. The Hall–Kier alpha value is -2.52. The number of anilines is 1. The zero-order chi connectivity index (χ0) is 20.9. The first kappa shape index (κ1) is 21.2. The van der Waals surface area contributed by atoms with Crippen molar-refractivity contribution in [2.45, 2.75) is 31.1 Å². The van der Waals surface area contributed by atoms with E-state index in [9.17, 15) is 13.2 Å². The topological polar surface area (TPSA) is 95.5 Å². The average molecular weight is 418 g/mol. The first-order valence-electron chi connectivity index (χ1n) is 9.69. The van der Waals surface area contributed by atoms with Gasteiger partial charge in [0.25, 0.3) is 5.91 Å². The number of nitrogens with zero attached hydrogens (tertiary/aromatic N) is 4. The van der Waals surface area contributed by atoms with Crippen LogP contribution in [0.15, 0.2) is 42.7 Å². The zero-order valence-electron chi connectivity index (χ0n) is 16.8. The summed E-state index contributed by atoms with van der Waals surface area (Å²) in [5.41, 5.74) is 1.21. The second-order valence-electron chi connectivity index (χ2n) is 7.18. The smallest absolute Gasteiger partial charge is 0.256 e. The summed E-state index contributed by atoms with van der Waals surface area (Å²) in [7, 11) is -0.0638. The molecule has 0 spiro atoms. The number of aromatic nitrogens is 2. The molecule has 0 saturated carbocycles. The Morgan fingerprint density at radius 2 is 1.86 bits per heavy atom. The highest BCUT2D eigenvalue weighted by molar-refractivity contribution is 7.88. The minimum Gasteiger partial charge on any atom is -0.357 e. The number of amides is 1. The van der Waals surface area contributed by atoms with E-state index in [2.05, 4.69) is 15.3 Å². The highest BCUT2D eigenvalue weighted by Gasteiger charge is 2.30. The Balaban J connectivity index is 1.63. The lowest BCUT2D eigenvalue weighted by atomic mass is 10.1. The normalized spacial score (nSPS) is 17.8. The maximum Gasteiger partial charge on any atom is 0.256 e. The quantitative estimate of drug-likeness (QED) is 0.772. The van der Waals surface area contributed by atoms with Gasteiger partial charge in [0.05, 0.1) is 11.3 Å². The number of sulfonamides is 1. The number of nitrogens with one attached hydrogen (secondary N) is 1. The third kappa shape index (κ3) is 5.30. The fourth-order valence-corrected chi connectivity index (χ4v) is 4.99. The van der Waals surface area contributed by atoms with Crippen molar-refractivity contribution >= 4 is 21.9 Å². The van der Waals surface area contributed by atoms with Gasteiger partial charge in [-0.1, -0.05) is 30.3 Å². The number of benzene rings is 1. The molecule has 1 aromatic carbocycles. The summed E-state index contributed by atoms with van der Waals surface area (Å²) in [6.45, 7) is 1.10. The number of likely N-dealkylation sites (tertiary alicyclic amines) is 1. The molecule has 1 N–H and O–H groups in total. The Kier molecular flexibility index (Phi) is 6.81. The lowest BCUT2D eigenvalue weighted by Gasteiger charge is -2.26. The monoisotopic (exact) mass is 417 g/mol. The van der Waals surface area contributed by atoms with E-state index in [1.807, 2.05) is 30.3 Å². The predicted molar refractivity (Wildman–Crippen MR) is 112 cm³/mol. The molecule has 29 heavy (non-hydrogen) atoms. The van der Waals surface area contributed by atoms with Crippen LogP contribution >= 0.6 is 0 Å². The van der Waals surface area contributed by atoms with Gasteiger partial charge in [0.15, 0.2) is 0 Å². The van der Waals surface area contributed by atoms with Crippen LogP contribution in [0, 0.1) is 0 Å². The van der Waals surface area contributed by atoms with Gasteiger partial charge in [-0.15, -0.1) is 0 Å². The van der Waals surface area contributed by atoms with Gasteiger partial charge in [-0.2, -0.15) is 0 Å². The molecule has 156 valence electrons. The van der Waals surface area contributed by atoms with Crippen molar-refractivity contribution < 1.29 is 13.2 Å². The highest BCUT2D eigenvalue weighted by Crippen LogP contribution is 2.21. The molecule has 2 heterocycles. The second-order valence-corrected chi connectivity index (χ2v) is 9.21. The van der Waals surface area contributed by atoms with Crippen LogP contribution in [-0.4, -0.2) is 66.7 Å².